The number of rotatable bonds is 1. The molecule has 0 radical (unpaired) electrons. The van der Waals surface area contributed by atoms with Crippen LogP contribution in [0.15, 0.2) is 48.1 Å². The molecular formula is C17H11FN2S. The molecule has 102 valence electrons. The van der Waals surface area contributed by atoms with E-state index in [1.165, 1.54) is 12.1 Å². The van der Waals surface area contributed by atoms with Crippen LogP contribution in [0.5, 0.6) is 0 Å². The maximum atomic E-state index is 12.9. The molecule has 0 saturated carbocycles. The van der Waals surface area contributed by atoms with Gasteiger partial charge in [-0.2, -0.15) is 0 Å². The molecule has 0 N–H and O–H groups in total. The van der Waals surface area contributed by atoms with Gasteiger partial charge in [0.2, 0.25) is 0 Å². The summed E-state index contributed by atoms with van der Waals surface area (Å²) in [4.78, 5) is 8.49. The van der Waals surface area contributed by atoms with Crippen LogP contribution in [-0.2, 0) is 0 Å². The molecule has 0 unspecified atom stereocenters. The number of aryl methyl sites for hydroxylation is 1. The number of aromatic nitrogens is 2. The van der Waals surface area contributed by atoms with E-state index in [4.69, 9.17) is 0 Å². The number of nitrogens with zero attached hydrogens (tertiary/aromatic N) is 2. The van der Waals surface area contributed by atoms with Crippen molar-refractivity contribution in [3.63, 3.8) is 0 Å². The van der Waals surface area contributed by atoms with Crippen LogP contribution in [0, 0.1) is 24.6 Å². The van der Waals surface area contributed by atoms with Crippen LogP contribution in [0.1, 0.15) is 16.3 Å². The Morgan fingerprint density at radius 2 is 1.86 bits per heavy atom. The number of halogens is 1. The van der Waals surface area contributed by atoms with Crippen molar-refractivity contribution in [2.24, 2.45) is 0 Å². The van der Waals surface area contributed by atoms with E-state index in [9.17, 15) is 4.39 Å². The summed E-state index contributed by atoms with van der Waals surface area (Å²) >= 11 is 1.58. The van der Waals surface area contributed by atoms with Gasteiger partial charge in [0, 0.05) is 28.9 Å². The Morgan fingerprint density at radius 1 is 1.05 bits per heavy atom. The molecule has 21 heavy (non-hydrogen) atoms. The van der Waals surface area contributed by atoms with Crippen molar-refractivity contribution in [3.05, 3.63) is 70.2 Å². The fourth-order valence-corrected chi connectivity index (χ4v) is 2.41. The van der Waals surface area contributed by atoms with Gasteiger partial charge in [0.15, 0.2) is 0 Å². The van der Waals surface area contributed by atoms with E-state index in [2.05, 4.69) is 21.8 Å². The zero-order valence-electron chi connectivity index (χ0n) is 11.3. The van der Waals surface area contributed by atoms with Crippen molar-refractivity contribution in [3.8, 4) is 23.0 Å². The van der Waals surface area contributed by atoms with E-state index in [1.807, 2.05) is 18.4 Å². The van der Waals surface area contributed by atoms with Gasteiger partial charge < -0.3 is 0 Å². The largest absolute Gasteiger partial charge is 0.263 e. The average molecular weight is 294 g/mol. The summed E-state index contributed by atoms with van der Waals surface area (Å²) in [7, 11) is 0. The highest BCUT2D eigenvalue weighted by atomic mass is 32.1. The second-order valence-electron chi connectivity index (χ2n) is 4.47. The van der Waals surface area contributed by atoms with Crippen molar-refractivity contribution in [2.45, 2.75) is 6.92 Å². The van der Waals surface area contributed by atoms with Crippen LogP contribution >= 0.6 is 11.3 Å². The Balaban J connectivity index is 1.90. The van der Waals surface area contributed by atoms with Crippen LogP contribution in [-0.4, -0.2) is 9.97 Å². The predicted molar refractivity (Wildman–Crippen MR) is 82.5 cm³/mol. The molecule has 3 aromatic rings. The van der Waals surface area contributed by atoms with E-state index < -0.39 is 0 Å². The monoisotopic (exact) mass is 294 g/mol. The molecule has 0 fully saturated rings. The van der Waals surface area contributed by atoms with Crippen LogP contribution in [0.3, 0.4) is 0 Å². The quantitative estimate of drug-likeness (QED) is 0.633. The smallest absolute Gasteiger partial charge is 0.124 e. The highest BCUT2D eigenvalue weighted by Crippen LogP contribution is 2.19. The third-order valence-electron chi connectivity index (χ3n) is 2.87. The van der Waals surface area contributed by atoms with Crippen LogP contribution < -0.4 is 0 Å². The summed E-state index contributed by atoms with van der Waals surface area (Å²) in [6.45, 7) is 1.95. The van der Waals surface area contributed by atoms with Gasteiger partial charge in [0.25, 0.3) is 0 Å². The van der Waals surface area contributed by atoms with Gasteiger partial charge >= 0.3 is 0 Å². The minimum Gasteiger partial charge on any atom is -0.263 e. The molecule has 0 spiro atoms. The Morgan fingerprint density at radius 3 is 2.57 bits per heavy atom. The molecule has 2 heterocycles. The number of thiazole rings is 1. The van der Waals surface area contributed by atoms with Crippen molar-refractivity contribution < 1.29 is 4.39 Å². The highest BCUT2D eigenvalue weighted by molar-refractivity contribution is 7.09. The van der Waals surface area contributed by atoms with Gasteiger partial charge in [-0.15, -0.1) is 11.3 Å². The lowest BCUT2D eigenvalue weighted by molar-refractivity contribution is 0.628. The fourth-order valence-electron chi connectivity index (χ4n) is 1.87. The summed E-state index contributed by atoms with van der Waals surface area (Å²) in [6, 6.07) is 8.27. The summed E-state index contributed by atoms with van der Waals surface area (Å²) < 4.78 is 12.9. The molecular weight excluding hydrogens is 283 g/mol. The van der Waals surface area contributed by atoms with E-state index >= 15 is 0 Å². The number of pyridine rings is 1. The van der Waals surface area contributed by atoms with E-state index in [-0.39, 0.29) is 5.82 Å². The topological polar surface area (TPSA) is 25.8 Å². The van der Waals surface area contributed by atoms with Crippen molar-refractivity contribution >= 4 is 11.3 Å². The first-order valence-corrected chi connectivity index (χ1v) is 7.24. The molecule has 0 atom stereocenters. The molecule has 1 aromatic carbocycles. The molecule has 0 bridgehead atoms. The van der Waals surface area contributed by atoms with E-state index in [1.54, 1.807) is 35.9 Å². The van der Waals surface area contributed by atoms with Crippen LogP contribution in [0.2, 0.25) is 0 Å². The minimum atomic E-state index is -0.249. The summed E-state index contributed by atoms with van der Waals surface area (Å²) in [5.74, 6) is 5.82. The van der Waals surface area contributed by atoms with Gasteiger partial charge in [0.05, 0.1) is 5.01 Å². The predicted octanol–water partition coefficient (Wildman–Crippen LogP) is 4.05. The number of hydrogen-bond donors (Lipinski definition) is 0. The van der Waals surface area contributed by atoms with Crippen LogP contribution in [0.25, 0.3) is 11.1 Å². The van der Waals surface area contributed by atoms with Gasteiger partial charge in [-0.25, -0.2) is 9.37 Å². The fraction of sp³-hybridized carbons (Fsp3) is 0.0588. The molecule has 3 rings (SSSR count). The SMILES string of the molecule is Cc1nc(C#Cc2cncc(-c3ccc(F)cc3)c2)cs1. The van der Waals surface area contributed by atoms with E-state index in [0.29, 0.717) is 0 Å². The van der Waals surface area contributed by atoms with Crippen LogP contribution in [0.4, 0.5) is 4.39 Å². The normalized spacial score (nSPS) is 10.0. The maximum absolute atomic E-state index is 12.9. The maximum Gasteiger partial charge on any atom is 0.124 e. The first-order valence-electron chi connectivity index (χ1n) is 6.36. The Bertz CT molecular complexity index is 826. The third kappa shape index (κ3) is 3.33. The molecule has 2 nitrogen and oxygen atoms in total. The Labute approximate surface area is 126 Å². The van der Waals surface area contributed by atoms with Gasteiger partial charge in [0.1, 0.15) is 11.5 Å². The zero-order chi connectivity index (χ0) is 14.7. The molecule has 0 aliphatic rings. The van der Waals surface area contributed by atoms with Gasteiger partial charge in [-0.3, -0.25) is 4.98 Å². The van der Waals surface area contributed by atoms with E-state index in [0.717, 1.165) is 27.4 Å². The highest BCUT2D eigenvalue weighted by Gasteiger charge is 2.00. The number of hydrogen-bond acceptors (Lipinski definition) is 3. The summed E-state index contributed by atoms with van der Waals surface area (Å²) in [5.41, 5.74) is 3.40. The number of benzene rings is 1. The second kappa shape index (κ2) is 5.86. The third-order valence-corrected chi connectivity index (χ3v) is 3.64. The lowest BCUT2D eigenvalue weighted by Crippen LogP contribution is -1.84. The van der Waals surface area contributed by atoms with Crippen molar-refractivity contribution in [1.29, 1.82) is 0 Å². The molecule has 0 aliphatic carbocycles. The first kappa shape index (κ1) is 13.5. The molecule has 0 amide bonds. The standard InChI is InChI=1S/C17H11FN2S/c1-12-20-17(11-21-12)7-2-13-8-15(10-19-9-13)14-3-5-16(18)6-4-14/h3-6,8-11H,1H3. The first-order chi connectivity index (χ1) is 10.2. The Kier molecular flexibility index (Phi) is 3.76. The van der Waals surface area contributed by atoms with Crippen molar-refractivity contribution in [2.75, 3.05) is 0 Å². The molecule has 0 saturated heterocycles. The second-order valence-corrected chi connectivity index (χ2v) is 5.53. The average Bonchev–Trinajstić information content (AvgIpc) is 2.92. The van der Waals surface area contributed by atoms with Gasteiger partial charge in [-0.1, -0.05) is 18.1 Å². The molecule has 4 heteroatoms. The summed E-state index contributed by atoms with van der Waals surface area (Å²) in [5, 5.41) is 2.93. The molecule has 0 aliphatic heterocycles. The minimum absolute atomic E-state index is 0.249. The Hall–Kier alpha value is -2.51. The zero-order valence-corrected chi connectivity index (χ0v) is 12.1. The summed E-state index contributed by atoms with van der Waals surface area (Å²) in [6.07, 6.45) is 3.45. The lowest BCUT2D eigenvalue weighted by Gasteiger charge is -2.01. The molecule has 2 aromatic heterocycles. The van der Waals surface area contributed by atoms with Gasteiger partial charge in [-0.05, 0) is 36.6 Å². The lowest BCUT2D eigenvalue weighted by atomic mass is 10.1. The van der Waals surface area contributed by atoms with Crippen molar-refractivity contribution in [1.82, 2.24) is 9.97 Å².